The number of piperazine rings is 1. The van der Waals surface area contributed by atoms with E-state index in [0.29, 0.717) is 19.5 Å². The van der Waals surface area contributed by atoms with Crippen molar-refractivity contribution in [2.75, 3.05) is 32.7 Å². The van der Waals surface area contributed by atoms with E-state index in [9.17, 15) is 17.6 Å². The zero-order chi connectivity index (χ0) is 22.3. The lowest BCUT2D eigenvalue weighted by molar-refractivity contribution is -0.134. The highest BCUT2D eigenvalue weighted by molar-refractivity contribution is 7.89. The first kappa shape index (κ1) is 23.1. The average molecular weight is 446 g/mol. The molecule has 1 saturated heterocycles. The first-order valence-electron chi connectivity index (χ1n) is 10.4. The molecule has 6 nitrogen and oxygen atoms in total. The molecule has 8 heteroatoms. The van der Waals surface area contributed by atoms with Gasteiger partial charge in [-0.05, 0) is 36.2 Å². The smallest absolute Gasteiger partial charge is 0.241 e. The molecule has 1 fully saturated rings. The molecule has 2 aromatic rings. The summed E-state index contributed by atoms with van der Waals surface area (Å²) < 4.78 is 40.7. The number of nitrogens with zero attached hydrogens (tertiary/aromatic N) is 2. The summed E-state index contributed by atoms with van der Waals surface area (Å²) in [4.78, 5) is 16.8. The van der Waals surface area contributed by atoms with Crippen molar-refractivity contribution in [1.82, 2.24) is 14.5 Å². The van der Waals surface area contributed by atoms with Crippen molar-refractivity contribution in [3.8, 4) is 0 Å². The molecule has 31 heavy (non-hydrogen) atoms. The van der Waals surface area contributed by atoms with Crippen LogP contribution >= 0.6 is 0 Å². The third-order valence-electron chi connectivity index (χ3n) is 5.29. The van der Waals surface area contributed by atoms with Crippen molar-refractivity contribution in [3.63, 3.8) is 0 Å². The molecule has 1 aliphatic rings. The fourth-order valence-electron chi connectivity index (χ4n) is 3.45. The van der Waals surface area contributed by atoms with Crippen LogP contribution in [0.25, 0.3) is 6.08 Å². The third-order valence-corrected chi connectivity index (χ3v) is 6.77. The predicted octanol–water partition coefficient (Wildman–Crippen LogP) is 2.74. The molecule has 1 unspecified atom stereocenters. The van der Waals surface area contributed by atoms with Crippen molar-refractivity contribution in [1.29, 1.82) is 0 Å². The first-order valence-corrected chi connectivity index (χ1v) is 11.9. The number of hydrogen-bond acceptors (Lipinski definition) is 4. The zero-order valence-corrected chi connectivity index (χ0v) is 18.4. The molecule has 0 radical (unpaired) electrons. The van der Waals surface area contributed by atoms with Gasteiger partial charge in [-0.3, -0.25) is 9.69 Å². The highest BCUT2D eigenvalue weighted by Crippen LogP contribution is 2.13. The number of rotatable bonds is 8. The molecule has 1 aliphatic heterocycles. The Balaban J connectivity index is 1.52. The summed E-state index contributed by atoms with van der Waals surface area (Å²) in [5.41, 5.74) is 1.15. The van der Waals surface area contributed by atoms with E-state index in [-0.39, 0.29) is 10.8 Å². The highest BCUT2D eigenvalue weighted by atomic mass is 32.2. The predicted molar refractivity (Wildman–Crippen MR) is 119 cm³/mol. The van der Waals surface area contributed by atoms with Crippen LogP contribution < -0.4 is 4.72 Å². The van der Waals surface area contributed by atoms with Crippen molar-refractivity contribution in [2.45, 2.75) is 24.3 Å². The minimum absolute atomic E-state index is 0.0600. The number of benzene rings is 2. The summed E-state index contributed by atoms with van der Waals surface area (Å²) in [6.45, 7) is 5.11. The van der Waals surface area contributed by atoms with Gasteiger partial charge in [0.05, 0.1) is 4.90 Å². The molecule has 1 N–H and O–H groups in total. The molecule has 1 heterocycles. The van der Waals surface area contributed by atoms with Crippen LogP contribution in [-0.4, -0.2) is 62.9 Å². The Morgan fingerprint density at radius 3 is 2.32 bits per heavy atom. The van der Waals surface area contributed by atoms with Gasteiger partial charge in [0, 0.05) is 32.7 Å². The minimum Gasteiger partial charge on any atom is -0.339 e. The lowest BCUT2D eigenvalue weighted by Gasteiger charge is -2.36. The van der Waals surface area contributed by atoms with Crippen LogP contribution in [0.2, 0.25) is 0 Å². The molecule has 1 atom stereocenters. The Kier molecular flexibility index (Phi) is 7.95. The fraction of sp³-hybridized carbons (Fsp3) is 0.348. The van der Waals surface area contributed by atoms with Gasteiger partial charge in [0.1, 0.15) is 11.9 Å². The number of carbonyl (C=O) groups is 1. The highest BCUT2D eigenvalue weighted by Gasteiger charge is 2.29. The van der Waals surface area contributed by atoms with Crippen molar-refractivity contribution >= 4 is 22.0 Å². The summed E-state index contributed by atoms with van der Waals surface area (Å²) in [6, 6.07) is 13.8. The maximum atomic E-state index is 13.1. The molecule has 0 aromatic heterocycles. The fourth-order valence-corrected chi connectivity index (χ4v) is 4.72. The van der Waals surface area contributed by atoms with Gasteiger partial charge in [-0.15, -0.1) is 0 Å². The number of amides is 1. The van der Waals surface area contributed by atoms with Gasteiger partial charge in [0.15, 0.2) is 0 Å². The summed E-state index contributed by atoms with van der Waals surface area (Å²) in [5.74, 6) is -0.744. The van der Waals surface area contributed by atoms with Crippen LogP contribution in [0, 0.1) is 5.82 Å². The summed E-state index contributed by atoms with van der Waals surface area (Å²) in [5, 5.41) is 0. The average Bonchev–Trinajstić information content (AvgIpc) is 2.78. The number of nitrogens with one attached hydrogen (secondary N) is 1. The van der Waals surface area contributed by atoms with E-state index in [1.165, 1.54) is 12.1 Å². The van der Waals surface area contributed by atoms with Crippen LogP contribution in [0.15, 0.2) is 65.6 Å². The molecule has 0 aliphatic carbocycles. The Morgan fingerprint density at radius 2 is 1.71 bits per heavy atom. The van der Waals surface area contributed by atoms with Crippen LogP contribution in [-0.2, 0) is 14.8 Å². The van der Waals surface area contributed by atoms with Gasteiger partial charge < -0.3 is 4.90 Å². The van der Waals surface area contributed by atoms with Gasteiger partial charge in [0.25, 0.3) is 0 Å². The Labute approximate surface area is 183 Å². The van der Waals surface area contributed by atoms with Crippen molar-refractivity contribution < 1.29 is 17.6 Å². The Bertz CT molecular complexity index is 986. The number of hydrogen-bond donors (Lipinski definition) is 1. The Morgan fingerprint density at radius 1 is 1.06 bits per heavy atom. The maximum absolute atomic E-state index is 13.1. The van der Waals surface area contributed by atoms with Crippen LogP contribution in [0.1, 0.15) is 18.9 Å². The SMILES string of the molecule is CCC(NS(=O)(=O)c1ccc(F)cc1)C(=O)N1CCN(C/C=C/c2ccccc2)CC1. The van der Waals surface area contributed by atoms with Gasteiger partial charge in [-0.2, -0.15) is 4.72 Å². The minimum atomic E-state index is -3.90. The van der Waals surface area contributed by atoms with Crippen LogP contribution in [0.3, 0.4) is 0 Å². The normalized spacial score (nSPS) is 16.5. The van der Waals surface area contributed by atoms with E-state index in [2.05, 4.69) is 21.8 Å². The van der Waals surface area contributed by atoms with Gasteiger partial charge in [-0.25, -0.2) is 12.8 Å². The van der Waals surface area contributed by atoms with E-state index in [1.807, 2.05) is 30.3 Å². The lowest BCUT2D eigenvalue weighted by atomic mass is 10.2. The molecule has 1 amide bonds. The van der Waals surface area contributed by atoms with Gasteiger partial charge in [0.2, 0.25) is 15.9 Å². The number of carbonyl (C=O) groups excluding carboxylic acids is 1. The van der Waals surface area contributed by atoms with Gasteiger partial charge >= 0.3 is 0 Å². The van der Waals surface area contributed by atoms with E-state index >= 15 is 0 Å². The van der Waals surface area contributed by atoms with Crippen molar-refractivity contribution in [3.05, 3.63) is 72.1 Å². The monoisotopic (exact) mass is 445 g/mol. The molecular formula is C23H28FN3O3S. The zero-order valence-electron chi connectivity index (χ0n) is 17.6. The summed E-state index contributed by atoms with van der Waals surface area (Å²) >= 11 is 0. The lowest BCUT2D eigenvalue weighted by Crippen LogP contribution is -2.54. The van der Waals surface area contributed by atoms with E-state index < -0.39 is 21.9 Å². The summed E-state index contributed by atoms with van der Waals surface area (Å²) in [7, 11) is -3.90. The summed E-state index contributed by atoms with van der Waals surface area (Å²) in [6.07, 6.45) is 4.52. The second-order valence-electron chi connectivity index (χ2n) is 7.47. The standard InChI is InChI=1S/C23H28FN3O3S/c1-2-22(25-31(29,30)21-12-10-20(24)11-13-21)23(28)27-17-15-26(16-18-27)14-6-9-19-7-4-3-5-8-19/h3-13,22,25H,2,14-18H2,1H3/b9-6+. The second kappa shape index (κ2) is 10.7. The molecule has 2 aromatic carbocycles. The number of halogens is 1. The second-order valence-corrected chi connectivity index (χ2v) is 9.19. The number of sulfonamides is 1. The largest absolute Gasteiger partial charge is 0.339 e. The molecular weight excluding hydrogens is 417 g/mol. The quantitative estimate of drug-likeness (QED) is 0.678. The van der Waals surface area contributed by atoms with E-state index in [4.69, 9.17) is 0 Å². The van der Waals surface area contributed by atoms with Crippen LogP contribution in [0.4, 0.5) is 4.39 Å². The Hall–Kier alpha value is -2.55. The molecule has 0 bridgehead atoms. The molecule has 3 rings (SSSR count). The van der Waals surface area contributed by atoms with Gasteiger partial charge in [-0.1, -0.05) is 49.4 Å². The third kappa shape index (κ3) is 6.46. The molecule has 0 saturated carbocycles. The topological polar surface area (TPSA) is 69.7 Å². The molecule has 166 valence electrons. The van der Waals surface area contributed by atoms with Crippen molar-refractivity contribution in [2.24, 2.45) is 0 Å². The van der Waals surface area contributed by atoms with E-state index in [1.54, 1.807) is 11.8 Å². The maximum Gasteiger partial charge on any atom is 0.241 e. The molecule has 0 spiro atoms. The first-order chi connectivity index (χ1) is 14.9. The van der Waals surface area contributed by atoms with Crippen LogP contribution in [0.5, 0.6) is 0 Å². The van der Waals surface area contributed by atoms with E-state index in [0.717, 1.165) is 37.3 Å².